The van der Waals surface area contributed by atoms with Crippen molar-refractivity contribution in [1.29, 1.82) is 5.26 Å². The number of ether oxygens (including phenoxy) is 1. The molecule has 0 N–H and O–H groups in total. The lowest BCUT2D eigenvalue weighted by molar-refractivity contribution is 0.407. The molecule has 0 saturated heterocycles. The Morgan fingerprint density at radius 3 is 2.72 bits per heavy atom. The molecular weight excluding hydrogens is 228 g/mol. The maximum atomic E-state index is 8.92. The molecule has 1 aromatic heterocycles. The van der Waals surface area contributed by atoms with Gasteiger partial charge in [0.25, 0.3) is 0 Å². The van der Waals surface area contributed by atoms with Crippen LogP contribution in [0.4, 0.5) is 0 Å². The van der Waals surface area contributed by atoms with E-state index in [-0.39, 0.29) is 0 Å². The molecule has 2 aromatic rings. The Hall–Kier alpha value is -2.35. The van der Waals surface area contributed by atoms with E-state index in [1.165, 1.54) is 0 Å². The quantitative estimate of drug-likeness (QED) is 0.823. The molecule has 0 bridgehead atoms. The zero-order valence-corrected chi connectivity index (χ0v) is 10.6. The highest BCUT2D eigenvalue weighted by Crippen LogP contribution is 2.20. The van der Waals surface area contributed by atoms with Crippen molar-refractivity contribution in [3.8, 4) is 11.8 Å². The van der Waals surface area contributed by atoms with Gasteiger partial charge in [0.05, 0.1) is 25.3 Å². The van der Waals surface area contributed by atoms with Gasteiger partial charge in [0.2, 0.25) is 0 Å². The molecule has 2 rings (SSSR count). The van der Waals surface area contributed by atoms with Crippen LogP contribution in [0.25, 0.3) is 0 Å². The van der Waals surface area contributed by atoms with Crippen LogP contribution in [0, 0.1) is 25.2 Å². The van der Waals surface area contributed by atoms with Crippen LogP contribution in [0.15, 0.2) is 18.2 Å². The highest BCUT2D eigenvalue weighted by molar-refractivity contribution is 5.42. The van der Waals surface area contributed by atoms with Crippen LogP contribution in [-0.2, 0) is 6.54 Å². The summed E-state index contributed by atoms with van der Waals surface area (Å²) in [6.07, 6.45) is 0. The number of benzene rings is 1. The first-order chi connectivity index (χ1) is 8.63. The van der Waals surface area contributed by atoms with Gasteiger partial charge in [0, 0.05) is 5.56 Å². The van der Waals surface area contributed by atoms with Gasteiger partial charge in [0.1, 0.15) is 17.4 Å². The largest absolute Gasteiger partial charge is 0.496 e. The lowest BCUT2D eigenvalue weighted by Crippen LogP contribution is -2.06. The molecule has 0 aliphatic carbocycles. The van der Waals surface area contributed by atoms with E-state index in [0.29, 0.717) is 12.1 Å². The molecule has 5 nitrogen and oxygen atoms in total. The van der Waals surface area contributed by atoms with E-state index in [9.17, 15) is 0 Å². The number of nitriles is 1. The minimum atomic E-state index is 0.547. The zero-order chi connectivity index (χ0) is 13.1. The molecule has 0 amide bonds. The lowest BCUT2D eigenvalue weighted by Gasteiger charge is -2.09. The molecule has 0 fully saturated rings. The minimum absolute atomic E-state index is 0.547. The molecular formula is C13H14N4O. The fourth-order valence-electron chi connectivity index (χ4n) is 1.84. The lowest BCUT2D eigenvalue weighted by atomic mass is 10.1. The standard InChI is InChI=1S/C13H14N4O/c1-9-15-10(2)17(16-9)8-12-6-11(7-14)4-5-13(12)18-3/h4-6H,8H2,1-3H3. The molecule has 1 heterocycles. The highest BCUT2D eigenvalue weighted by atomic mass is 16.5. The SMILES string of the molecule is COc1ccc(C#N)cc1Cn1nc(C)nc1C. The van der Waals surface area contributed by atoms with Gasteiger partial charge in [-0.2, -0.15) is 10.4 Å². The minimum Gasteiger partial charge on any atom is -0.496 e. The number of rotatable bonds is 3. The van der Waals surface area contributed by atoms with Crippen molar-refractivity contribution in [3.63, 3.8) is 0 Å². The zero-order valence-electron chi connectivity index (χ0n) is 10.6. The van der Waals surface area contributed by atoms with Crippen molar-refractivity contribution in [2.24, 2.45) is 0 Å². The Bertz CT molecular complexity index is 610. The van der Waals surface area contributed by atoms with Crippen molar-refractivity contribution in [3.05, 3.63) is 41.0 Å². The molecule has 0 saturated carbocycles. The first kappa shape index (κ1) is 12.1. The summed E-state index contributed by atoms with van der Waals surface area (Å²) < 4.78 is 7.09. The number of aryl methyl sites for hydroxylation is 2. The second-order valence-electron chi connectivity index (χ2n) is 4.00. The second kappa shape index (κ2) is 4.88. The van der Waals surface area contributed by atoms with E-state index in [1.807, 2.05) is 19.9 Å². The van der Waals surface area contributed by atoms with Gasteiger partial charge in [-0.15, -0.1) is 0 Å². The molecule has 0 unspecified atom stereocenters. The Kier molecular flexibility index (Phi) is 3.28. The normalized spacial score (nSPS) is 10.1. The maximum absolute atomic E-state index is 8.92. The van der Waals surface area contributed by atoms with Gasteiger partial charge in [-0.05, 0) is 32.0 Å². The number of hydrogen-bond donors (Lipinski definition) is 0. The van der Waals surface area contributed by atoms with E-state index in [0.717, 1.165) is 23.0 Å². The summed E-state index contributed by atoms with van der Waals surface area (Å²) in [6.45, 7) is 4.30. The van der Waals surface area contributed by atoms with Crippen LogP contribution >= 0.6 is 0 Å². The van der Waals surface area contributed by atoms with Gasteiger partial charge in [-0.1, -0.05) is 0 Å². The van der Waals surface area contributed by atoms with Crippen LogP contribution < -0.4 is 4.74 Å². The molecule has 5 heteroatoms. The van der Waals surface area contributed by atoms with Crippen molar-refractivity contribution >= 4 is 0 Å². The topological polar surface area (TPSA) is 63.7 Å². The van der Waals surface area contributed by atoms with Crippen LogP contribution in [0.3, 0.4) is 0 Å². The van der Waals surface area contributed by atoms with Crippen LogP contribution in [0.1, 0.15) is 22.8 Å². The average Bonchev–Trinajstić information content (AvgIpc) is 2.67. The maximum Gasteiger partial charge on any atom is 0.147 e. The van der Waals surface area contributed by atoms with Gasteiger partial charge >= 0.3 is 0 Å². The molecule has 92 valence electrons. The molecule has 0 aliphatic heterocycles. The van der Waals surface area contributed by atoms with E-state index in [4.69, 9.17) is 10.00 Å². The van der Waals surface area contributed by atoms with Crippen LogP contribution in [0.2, 0.25) is 0 Å². The van der Waals surface area contributed by atoms with Crippen molar-refractivity contribution in [2.45, 2.75) is 20.4 Å². The summed E-state index contributed by atoms with van der Waals surface area (Å²) >= 11 is 0. The third-order valence-corrected chi connectivity index (χ3v) is 2.69. The summed E-state index contributed by atoms with van der Waals surface area (Å²) in [4.78, 5) is 4.25. The summed E-state index contributed by atoms with van der Waals surface area (Å²) in [7, 11) is 1.62. The average molecular weight is 242 g/mol. The number of aromatic nitrogens is 3. The van der Waals surface area contributed by atoms with E-state index >= 15 is 0 Å². The van der Waals surface area contributed by atoms with Crippen LogP contribution in [-0.4, -0.2) is 21.9 Å². The monoisotopic (exact) mass is 242 g/mol. The molecule has 0 aliphatic rings. The molecule has 1 aromatic carbocycles. The van der Waals surface area contributed by atoms with Gasteiger partial charge in [0.15, 0.2) is 0 Å². The van der Waals surface area contributed by atoms with Gasteiger partial charge < -0.3 is 4.74 Å². The molecule has 0 atom stereocenters. The highest BCUT2D eigenvalue weighted by Gasteiger charge is 2.08. The first-order valence-electron chi connectivity index (χ1n) is 5.59. The van der Waals surface area contributed by atoms with E-state index in [1.54, 1.807) is 23.9 Å². The third kappa shape index (κ3) is 2.33. The van der Waals surface area contributed by atoms with Gasteiger partial charge in [-0.25, -0.2) is 9.67 Å². The third-order valence-electron chi connectivity index (χ3n) is 2.69. The Labute approximate surface area is 106 Å². The van der Waals surface area contributed by atoms with Crippen molar-refractivity contribution in [1.82, 2.24) is 14.8 Å². The van der Waals surface area contributed by atoms with Gasteiger partial charge in [-0.3, -0.25) is 0 Å². The van der Waals surface area contributed by atoms with E-state index in [2.05, 4.69) is 16.2 Å². The first-order valence-corrected chi connectivity index (χ1v) is 5.59. The molecule has 0 spiro atoms. The number of nitrogens with zero attached hydrogens (tertiary/aromatic N) is 4. The summed E-state index contributed by atoms with van der Waals surface area (Å²) in [5.74, 6) is 2.33. The summed E-state index contributed by atoms with van der Waals surface area (Å²) in [5, 5.41) is 13.2. The van der Waals surface area contributed by atoms with Crippen molar-refractivity contribution < 1.29 is 4.74 Å². The molecule has 18 heavy (non-hydrogen) atoms. The van der Waals surface area contributed by atoms with E-state index < -0.39 is 0 Å². The Morgan fingerprint density at radius 2 is 2.17 bits per heavy atom. The number of methoxy groups -OCH3 is 1. The summed E-state index contributed by atoms with van der Waals surface area (Å²) in [5.41, 5.74) is 1.53. The Morgan fingerprint density at radius 1 is 1.39 bits per heavy atom. The second-order valence-corrected chi connectivity index (χ2v) is 4.00. The predicted octanol–water partition coefficient (Wildman–Crippen LogP) is 1.82. The predicted molar refractivity (Wildman–Crippen MR) is 66.3 cm³/mol. The number of hydrogen-bond acceptors (Lipinski definition) is 4. The summed E-state index contributed by atoms with van der Waals surface area (Å²) in [6, 6.07) is 7.47. The Balaban J connectivity index is 2.38. The smallest absolute Gasteiger partial charge is 0.147 e. The molecule has 0 radical (unpaired) electrons. The van der Waals surface area contributed by atoms with Crippen LogP contribution in [0.5, 0.6) is 5.75 Å². The fraction of sp³-hybridized carbons (Fsp3) is 0.308. The fourth-order valence-corrected chi connectivity index (χ4v) is 1.84. The van der Waals surface area contributed by atoms with Crippen molar-refractivity contribution in [2.75, 3.05) is 7.11 Å².